The predicted molar refractivity (Wildman–Crippen MR) is 64.2 cm³/mol. The van der Waals surface area contributed by atoms with Crippen LogP contribution < -0.4 is 4.72 Å². The van der Waals surface area contributed by atoms with Crippen molar-refractivity contribution in [2.24, 2.45) is 0 Å². The van der Waals surface area contributed by atoms with Gasteiger partial charge in [-0.2, -0.15) is 0 Å². The van der Waals surface area contributed by atoms with Crippen LogP contribution in [0, 0.1) is 6.92 Å². The third-order valence-electron chi connectivity index (χ3n) is 2.43. The lowest BCUT2D eigenvalue weighted by Gasteiger charge is -2.02. The zero-order valence-electron chi connectivity index (χ0n) is 9.80. The number of nitrogens with one attached hydrogen (secondary N) is 2. The first-order valence-corrected chi connectivity index (χ1v) is 6.83. The Balaban J connectivity index is 2.07. The number of aromatic amines is 1. The van der Waals surface area contributed by atoms with Gasteiger partial charge in [-0.1, -0.05) is 0 Å². The lowest BCUT2D eigenvalue weighted by molar-refractivity contribution is 0.277. The molecule has 0 atom stereocenters. The Morgan fingerprint density at radius 1 is 1.44 bits per heavy atom. The minimum atomic E-state index is -3.59. The maximum absolute atomic E-state index is 11.9. The number of hydrogen-bond donors (Lipinski definition) is 3. The molecule has 0 bridgehead atoms. The number of aryl methyl sites for hydroxylation is 1. The molecule has 0 aliphatic rings. The van der Waals surface area contributed by atoms with Crippen LogP contribution in [0.4, 0.5) is 0 Å². The first-order chi connectivity index (χ1) is 8.51. The van der Waals surface area contributed by atoms with E-state index < -0.39 is 10.0 Å². The van der Waals surface area contributed by atoms with Gasteiger partial charge in [0, 0.05) is 11.9 Å². The number of sulfonamides is 1. The van der Waals surface area contributed by atoms with Crippen molar-refractivity contribution in [3.8, 4) is 0 Å². The third kappa shape index (κ3) is 2.81. The van der Waals surface area contributed by atoms with Gasteiger partial charge in [-0.3, -0.25) is 0 Å². The molecule has 2 aromatic rings. The van der Waals surface area contributed by atoms with Gasteiger partial charge in [-0.05, 0) is 25.1 Å². The van der Waals surface area contributed by atoms with Crippen LogP contribution in [0.15, 0.2) is 33.7 Å². The van der Waals surface area contributed by atoms with Gasteiger partial charge in [-0.25, -0.2) is 13.1 Å². The Labute approximate surface area is 105 Å². The molecular formula is C11H14N2O4S. The molecule has 2 heterocycles. The van der Waals surface area contributed by atoms with Gasteiger partial charge in [0.25, 0.3) is 0 Å². The Kier molecular flexibility index (Phi) is 3.55. The largest absolute Gasteiger partial charge is 0.465 e. The van der Waals surface area contributed by atoms with Crippen molar-refractivity contribution in [3.05, 3.63) is 41.6 Å². The molecule has 0 aliphatic carbocycles. The zero-order valence-corrected chi connectivity index (χ0v) is 10.6. The summed E-state index contributed by atoms with van der Waals surface area (Å²) in [5.41, 5.74) is 0.448. The Bertz CT molecular complexity index is 627. The molecule has 3 N–H and O–H groups in total. The minimum Gasteiger partial charge on any atom is -0.465 e. The summed E-state index contributed by atoms with van der Waals surface area (Å²) in [6.07, 6.45) is 1.33. The Hall–Kier alpha value is -1.57. The van der Waals surface area contributed by atoms with E-state index in [4.69, 9.17) is 9.52 Å². The lowest BCUT2D eigenvalue weighted by Crippen LogP contribution is -2.22. The van der Waals surface area contributed by atoms with Crippen molar-refractivity contribution in [2.45, 2.75) is 25.0 Å². The highest BCUT2D eigenvalue weighted by Gasteiger charge is 2.16. The highest BCUT2D eigenvalue weighted by molar-refractivity contribution is 7.89. The van der Waals surface area contributed by atoms with E-state index in [0.29, 0.717) is 11.5 Å². The van der Waals surface area contributed by atoms with Crippen LogP contribution in [0.1, 0.15) is 17.2 Å². The van der Waals surface area contributed by atoms with Crippen LogP contribution in [0.5, 0.6) is 0 Å². The van der Waals surface area contributed by atoms with Crippen LogP contribution in [0.3, 0.4) is 0 Å². The van der Waals surface area contributed by atoms with E-state index in [1.54, 1.807) is 19.1 Å². The predicted octanol–water partition coefficient (Wildman–Crippen LogP) is 0.887. The molecule has 0 spiro atoms. The Morgan fingerprint density at radius 2 is 2.22 bits per heavy atom. The lowest BCUT2D eigenvalue weighted by atomic mass is 10.4. The summed E-state index contributed by atoms with van der Waals surface area (Å²) in [6.45, 7) is 1.65. The van der Waals surface area contributed by atoms with Crippen LogP contribution in [0.2, 0.25) is 0 Å². The fourth-order valence-electron chi connectivity index (χ4n) is 1.49. The molecule has 98 valence electrons. The molecule has 0 amide bonds. The SMILES string of the molecule is Cc1ccc(CNS(=O)(=O)c2c[nH]c(CO)c2)o1. The molecule has 0 saturated heterocycles. The van der Waals surface area contributed by atoms with Crippen LogP contribution in [-0.2, 0) is 23.2 Å². The monoisotopic (exact) mass is 270 g/mol. The summed E-state index contributed by atoms with van der Waals surface area (Å²) >= 11 is 0. The molecule has 0 aromatic carbocycles. The molecule has 0 unspecified atom stereocenters. The number of hydrogen-bond acceptors (Lipinski definition) is 4. The van der Waals surface area contributed by atoms with E-state index in [2.05, 4.69) is 9.71 Å². The average Bonchev–Trinajstić information content (AvgIpc) is 2.95. The smallest absolute Gasteiger partial charge is 0.242 e. The van der Waals surface area contributed by atoms with Gasteiger partial charge >= 0.3 is 0 Å². The second-order valence-corrected chi connectivity index (χ2v) is 5.62. The molecule has 0 saturated carbocycles. The van der Waals surface area contributed by atoms with Gasteiger partial charge < -0.3 is 14.5 Å². The van der Waals surface area contributed by atoms with Crippen LogP contribution in [-0.4, -0.2) is 18.5 Å². The van der Waals surface area contributed by atoms with Crippen molar-refractivity contribution >= 4 is 10.0 Å². The summed E-state index contributed by atoms with van der Waals surface area (Å²) in [4.78, 5) is 2.76. The fraction of sp³-hybridized carbons (Fsp3) is 0.273. The van der Waals surface area contributed by atoms with Crippen LogP contribution >= 0.6 is 0 Å². The first-order valence-electron chi connectivity index (χ1n) is 5.34. The second kappa shape index (κ2) is 4.97. The number of aliphatic hydroxyl groups excluding tert-OH is 1. The van der Waals surface area contributed by atoms with E-state index >= 15 is 0 Å². The molecule has 0 radical (unpaired) electrons. The maximum Gasteiger partial charge on any atom is 0.242 e. The molecule has 2 rings (SSSR count). The summed E-state index contributed by atoms with van der Waals surface area (Å²) < 4.78 is 31.5. The van der Waals surface area contributed by atoms with Crippen molar-refractivity contribution in [1.29, 1.82) is 0 Å². The zero-order chi connectivity index (χ0) is 13.2. The highest BCUT2D eigenvalue weighted by Crippen LogP contribution is 2.12. The average molecular weight is 270 g/mol. The van der Waals surface area contributed by atoms with Gasteiger partial charge in [0.15, 0.2) is 0 Å². The van der Waals surface area contributed by atoms with E-state index in [-0.39, 0.29) is 18.0 Å². The molecule has 0 fully saturated rings. The Morgan fingerprint density at radius 3 is 2.78 bits per heavy atom. The summed E-state index contributed by atoms with van der Waals surface area (Å²) in [7, 11) is -3.59. The molecule has 6 nitrogen and oxygen atoms in total. The van der Waals surface area contributed by atoms with Crippen molar-refractivity contribution in [3.63, 3.8) is 0 Å². The van der Waals surface area contributed by atoms with Crippen molar-refractivity contribution in [1.82, 2.24) is 9.71 Å². The molecule has 2 aromatic heterocycles. The standard InChI is InChI=1S/C11H14N2O4S/c1-8-2-3-10(17-8)5-13-18(15,16)11-4-9(7-14)12-6-11/h2-4,6,12-14H,5,7H2,1H3. The second-order valence-electron chi connectivity index (χ2n) is 3.86. The van der Waals surface area contributed by atoms with Gasteiger partial charge in [0.2, 0.25) is 10.0 Å². The summed E-state index contributed by atoms with van der Waals surface area (Å²) in [6, 6.07) is 4.87. The van der Waals surface area contributed by atoms with Gasteiger partial charge in [0.1, 0.15) is 11.5 Å². The molecule has 7 heteroatoms. The van der Waals surface area contributed by atoms with Crippen molar-refractivity contribution < 1.29 is 17.9 Å². The van der Waals surface area contributed by atoms with Crippen LogP contribution in [0.25, 0.3) is 0 Å². The quantitative estimate of drug-likeness (QED) is 0.751. The number of aromatic nitrogens is 1. The number of H-pyrrole nitrogens is 1. The van der Waals surface area contributed by atoms with E-state index in [1.807, 2.05) is 0 Å². The third-order valence-corrected chi connectivity index (χ3v) is 3.81. The van der Waals surface area contributed by atoms with E-state index in [1.165, 1.54) is 12.3 Å². The summed E-state index contributed by atoms with van der Waals surface area (Å²) in [5, 5.41) is 8.87. The van der Waals surface area contributed by atoms with E-state index in [9.17, 15) is 8.42 Å². The maximum atomic E-state index is 11.9. The van der Waals surface area contributed by atoms with Gasteiger partial charge in [0.05, 0.1) is 18.0 Å². The first kappa shape index (κ1) is 12.9. The highest BCUT2D eigenvalue weighted by atomic mass is 32.2. The molecule has 0 aliphatic heterocycles. The topological polar surface area (TPSA) is 95.3 Å². The van der Waals surface area contributed by atoms with E-state index in [0.717, 1.165) is 5.76 Å². The number of aliphatic hydroxyl groups is 1. The molecule has 18 heavy (non-hydrogen) atoms. The summed E-state index contributed by atoms with van der Waals surface area (Å²) in [5.74, 6) is 1.28. The minimum absolute atomic E-state index is 0.0924. The van der Waals surface area contributed by atoms with Crippen molar-refractivity contribution in [2.75, 3.05) is 0 Å². The normalized spacial score (nSPS) is 11.9. The fourth-order valence-corrected chi connectivity index (χ4v) is 2.51. The molecular weight excluding hydrogens is 256 g/mol. The number of furan rings is 1. The van der Waals surface area contributed by atoms with Gasteiger partial charge in [-0.15, -0.1) is 0 Å². The number of rotatable bonds is 5.